The van der Waals surface area contributed by atoms with E-state index in [0.717, 1.165) is 28.2 Å². The monoisotopic (exact) mass is 492 g/mol. The van der Waals surface area contributed by atoms with Crippen molar-refractivity contribution in [3.8, 4) is 11.4 Å². The Morgan fingerprint density at radius 2 is 1.91 bits per heavy atom. The van der Waals surface area contributed by atoms with Gasteiger partial charge in [-0.2, -0.15) is 0 Å². The summed E-state index contributed by atoms with van der Waals surface area (Å²) in [6, 6.07) is 0. The average molecular weight is 493 g/mol. The Morgan fingerprint density at radius 1 is 1.16 bits per heavy atom. The minimum Gasteiger partial charge on any atom is -0.462 e. The Balaban J connectivity index is 1.75. The second-order valence-corrected chi connectivity index (χ2v) is 10.4. The van der Waals surface area contributed by atoms with Crippen molar-refractivity contribution < 1.29 is 14.3 Å². The highest BCUT2D eigenvalue weighted by atomic mass is 32.2. The summed E-state index contributed by atoms with van der Waals surface area (Å²) in [7, 11) is 0. The molecule has 3 aromatic heterocycles. The van der Waals surface area contributed by atoms with Gasteiger partial charge in [-0.15, -0.1) is 32.9 Å². The summed E-state index contributed by atoms with van der Waals surface area (Å²) < 4.78 is 7.20. The number of aryl methyl sites for hydroxylation is 2. The molecule has 0 spiro atoms. The molecule has 172 valence electrons. The lowest BCUT2D eigenvalue weighted by molar-refractivity contribution is -0.113. The number of amides is 1. The number of nitrogens with zero attached hydrogens (tertiary/aromatic N) is 3. The largest absolute Gasteiger partial charge is 0.462 e. The highest BCUT2D eigenvalue weighted by Gasteiger charge is 2.23. The molecule has 0 bridgehead atoms. The fourth-order valence-corrected chi connectivity index (χ4v) is 6.25. The number of anilines is 1. The van der Waals surface area contributed by atoms with Crippen LogP contribution >= 0.6 is 34.4 Å². The molecule has 32 heavy (non-hydrogen) atoms. The van der Waals surface area contributed by atoms with Crippen molar-refractivity contribution >= 4 is 51.3 Å². The summed E-state index contributed by atoms with van der Waals surface area (Å²) in [6.45, 7) is 12.9. The van der Waals surface area contributed by atoms with Crippen molar-refractivity contribution in [3.05, 3.63) is 31.8 Å². The summed E-state index contributed by atoms with van der Waals surface area (Å²) >= 11 is 4.45. The van der Waals surface area contributed by atoms with E-state index in [1.807, 2.05) is 25.3 Å². The van der Waals surface area contributed by atoms with E-state index in [-0.39, 0.29) is 18.3 Å². The Bertz CT molecular complexity index is 1130. The van der Waals surface area contributed by atoms with Crippen molar-refractivity contribution in [2.24, 2.45) is 0 Å². The van der Waals surface area contributed by atoms with Crippen molar-refractivity contribution in [2.45, 2.75) is 59.7 Å². The molecule has 3 aromatic rings. The van der Waals surface area contributed by atoms with Gasteiger partial charge in [0.1, 0.15) is 5.00 Å². The summed E-state index contributed by atoms with van der Waals surface area (Å²) in [6.07, 6.45) is 0.939. The summed E-state index contributed by atoms with van der Waals surface area (Å²) in [5.41, 5.74) is 3.68. The Kier molecular flexibility index (Phi) is 8.13. The van der Waals surface area contributed by atoms with Crippen LogP contribution in [0.4, 0.5) is 5.00 Å². The number of ether oxygens (including phenoxy) is 1. The van der Waals surface area contributed by atoms with Crippen LogP contribution in [0.15, 0.2) is 10.5 Å². The van der Waals surface area contributed by atoms with Crippen LogP contribution in [-0.4, -0.2) is 39.0 Å². The molecule has 10 heteroatoms. The molecule has 3 heterocycles. The number of rotatable bonds is 9. The molecule has 0 unspecified atom stereocenters. The molecule has 3 rings (SSSR count). The molecule has 0 saturated heterocycles. The second kappa shape index (κ2) is 10.6. The first-order chi connectivity index (χ1) is 15.3. The minimum absolute atomic E-state index is 0.166. The van der Waals surface area contributed by atoms with Crippen LogP contribution in [0, 0.1) is 20.8 Å². The number of carbonyl (C=O) groups excluding carboxylic acids is 2. The summed E-state index contributed by atoms with van der Waals surface area (Å²) in [5, 5.41) is 15.0. The Hall–Kier alpha value is -2.17. The van der Waals surface area contributed by atoms with E-state index in [9.17, 15) is 9.59 Å². The molecule has 0 atom stereocenters. The van der Waals surface area contributed by atoms with Crippen LogP contribution in [0.5, 0.6) is 0 Å². The predicted octanol–water partition coefficient (Wildman–Crippen LogP) is 5.48. The standard InChI is InChI=1S/C22H28N4O3S3/c1-7-15-14(6)30-10-16(15)19-24-25-22(26(19)8-2)31-11-17(27)23-20-18(21(28)29-9-3)12(4)13(5)32-20/h10H,7-9,11H2,1-6H3,(H,23,27). The molecule has 7 nitrogen and oxygen atoms in total. The van der Waals surface area contributed by atoms with Crippen molar-refractivity contribution in [1.82, 2.24) is 14.8 Å². The van der Waals surface area contributed by atoms with Gasteiger partial charge in [-0.05, 0) is 52.2 Å². The molecular formula is C22H28N4O3S3. The van der Waals surface area contributed by atoms with Gasteiger partial charge in [0.05, 0.1) is 17.9 Å². The number of thiophene rings is 2. The van der Waals surface area contributed by atoms with Gasteiger partial charge in [0, 0.05) is 27.2 Å². The van der Waals surface area contributed by atoms with E-state index in [1.54, 1.807) is 18.3 Å². The SMILES string of the molecule is CCOC(=O)c1c(NC(=O)CSc2nnc(-c3csc(C)c3CC)n2CC)sc(C)c1C. The molecule has 0 fully saturated rings. The van der Waals surface area contributed by atoms with Gasteiger partial charge >= 0.3 is 5.97 Å². The number of esters is 1. The lowest BCUT2D eigenvalue weighted by Gasteiger charge is -2.09. The maximum Gasteiger partial charge on any atom is 0.341 e. The molecule has 0 aromatic carbocycles. The fraction of sp³-hybridized carbons (Fsp3) is 0.455. The molecule has 0 aliphatic rings. The number of thioether (sulfide) groups is 1. The van der Waals surface area contributed by atoms with E-state index in [4.69, 9.17) is 4.74 Å². The second-order valence-electron chi connectivity index (χ2n) is 7.13. The van der Waals surface area contributed by atoms with E-state index >= 15 is 0 Å². The normalized spacial score (nSPS) is 11.1. The van der Waals surface area contributed by atoms with Crippen LogP contribution in [0.25, 0.3) is 11.4 Å². The van der Waals surface area contributed by atoms with Crippen LogP contribution in [0.2, 0.25) is 0 Å². The predicted molar refractivity (Wildman–Crippen MR) is 132 cm³/mol. The Labute approximate surface area is 200 Å². The highest BCUT2D eigenvalue weighted by Crippen LogP contribution is 2.34. The first-order valence-corrected chi connectivity index (χ1v) is 13.2. The van der Waals surface area contributed by atoms with Gasteiger partial charge in [0.2, 0.25) is 5.91 Å². The zero-order valence-corrected chi connectivity index (χ0v) is 21.6. The molecule has 1 N–H and O–H groups in total. The third-order valence-corrected chi connectivity index (χ3v) is 8.22. The van der Waals surface area contributed by atoms with Crippen molar-refractivity contribution in [1.29, 1.82) is 0 Å². The van der Waals surface area contributed by atoms with Crippen LogP contribution in [0.1, 0.15) is 52.0 Å². The zero-order chi connectivity index (χ0) is 23.4. The van der Waals surface area contributed by atoms with E-state index < -0.39 is 5.97 Å². The third-order valence-electron chi connectivity index (χ3n) is 5.18. The smallest absolute Gasteiger partial charge is 0.341 e. The van der Waals surface area contributed by atoms with Crippen molar-refractivity contribution in [3.63, 3.8) is 0 Å². The topological polar surface area (TPSA) is 86.1 Å². The first-order valence-electron chi connectivity index (χ1n) is 10.5. The van der Waals surface area contributed by atoms with Gasteiger partial charge in [-0.3, -0.25) is 4.79 Å². The van der Waals surface area contributed by atoms with Crippen LogP contribution in [-0.2, 0) is 22.5 Å². The minimum atomic E-state index is -0.412. The molecule has 1 amide bonds. The summed E-state index contributed by atoms with van der Waals surface area (Å²) in [4.78, 5) is 27.3. The van der Waals surface area contributed by atoms with E-state index in [0.29, 0.717) is 22.3 Å². The number of aromatic nitrogens is 3. The van der Waals surface area contributed by atoms with E-state index in [1.165, 1.54) is 33.5 Å². The maximum atomic E-state index is 12.7. The van der Waals surface area contributed by atoms with Gasteiger partial charge in [-0.25, -0.2) is 4.79 Å². The lowest BCUT2D eigenvalue weighted by atomic mass is 10.1. The fourth-order valence-electron chi connectivity index (χ4n) is 3.44. The maximum absolute atomic E-state index is 12.7. The lowest BCUT2D eigenvalue weighted by Crippen LogP contribution is -2.17. The number of nitrogens with one attached hydrogen (secondary N) is 1. The first kappa shape index (κ1) is 24.5. The average Bonchev–Trinajstić information content (AvgIpc) is 3.41. The van der Waals surface area contributed by atoms with E-state index in [2.05, 4.69) is 34.7 Å². The molecule has 0 radical (unpaired) electrons. The summed E-state index contributed by atoms with van der Waals surface area (Å²) in [5.74, 6) is 0.394. The number of carbonyl (C=O) groups is 2. The van der Waals surface area contributed by atoms with Gasteiger partial charge in [-0.1, -0.05) is 18.7 Å². The van der Waals surface area contributed by atoms with Gasteiger partial charge < -0.3 is 14.6 Å². The third kappa shape index (κ3) is 4.92. The quantitative estimate of drug-likeness (QED) is 0.314. The van der Waals surface area contributed by atoms with Gasteiger partial charge in [0.15, 0.2) is 11.0 Å². The zero-order valence-electron chi connectivity index (χ0n) is 19.2. The number of hydrogen-bond acceptors (Lipinski definition) is 8. The molecule has 0 saturated carbocycles. The number of hydrogen-bond donors (Lipinski definition) is 1. The van der Waals surface area contributed by atoms with Crippen LogP contribution < -0.4 is 5.32 Å². The molecule has 0 aliphatic carbocycles. The van der Waals surface area contributed by atoms with Crippen molar-refractivity contribution in [2.75, 3.05) is 17.7 Å². The van der Waals surface area contributed by atoms with Crippen LogP contribution in [0.3, 0.4) is 0 Å². The van der Waals surface area contributed by atoms with Gasteiger partial charge in [0.25, 0.3) is 0 Å². The Morgan fingerprint density at radius 3 is 2.56 bits per heavy atom. The highest BCUT2D eigenvalue weighted by molar-refractivity contribution is 7.99. The molecule has 0 aliphatic heterocycles. The molecular weight excluding hydrogens is 464 g/mol.